The topological polar surface area (TPSA) is 113 Å². The molecule has 2 atom stereocenters. The lowest BCUT2D eigenvalue weighted by Gasteiger charge is -2.30. The Morgan fingerprint density at radius 3 is 2.68 bits per heavy atom. The number of amides is 2. The second kappa shape index (κ2) is 8.33. The van der Waals surface area contributed by atoms with Crippen LogP contribution < -0.4 is 11.1 Å². The average Bonchev–Trinajstić information content (AvgIpc) is 3.34. The van der Waals surface area contributed by atoms with Crippen LogP contribution in [0.25, 0.3) is 11.3 Å². The monoisotopic (exact) mass is 385 g/mol. The van der Waals surface area contributed by atoms with E-state index in [2.05, 4.69) is 20.0 Å². The third-order valence-electron chi connectivity index (χ3n) is 5.06. The molecule has 1 saturated heterocycles. The second-order valence-corrected chi connectivity index (χ2v) is 7.35. The molecule has 1 aliphatic heterocycles. The van der Waals surface area contributed by atoms with E-state index in [4.69, 9.17) is 5.73 Å². The van der Waals surface area contributed by atoms with Crippen molar-refractivity contribution in [3.05, 3.63) is 36.3 Å². The number of H-pyrrole nitrogens is 1. The van der Waals surface area contributed by atoms with E-state index in [9.17, 15) is 9.59 Å². The summed E-state index contributed by atoms with van der Waals surface area (Å²) in [6, 6.07) is 6.76. The number of carbonyl (C=O) groups excluding carboxylic acids is 2. The highest BCUT2D eigenvalue weighted by molar-refractivity contribution is 5.86. The van der Waals surface area contributed by atoms with Gasteiger partial charge in [0.1, 0.15) is 11.9 Å². The highest BCUT2D eigenvalue weighted by Crippen LogP contribution is 2.32. The van der Waals surface area contributed by atoms with Gasteiger partial charge in [-0.3, -0.25) is 4.79 Å². The summed E-state index contributed by atoms with van der Waals surface area (Å²) in [5.41, 5.74) is 8.31. The quantitative estimate of drug-likeness (QED) is 0.685. The standard InChI is InChI=1S/C20H27N5O3/c1-12(2)17(24-20(27)28-3)19(26)25-10-4-5-16(25)18-22-11-15(23-18)13-6-8-14(21)9-7-13/h6-9,11-12,16-17H,4-5,10,21H2,1-3H3,(H,22,23)(H,24,27)/t16-,17-/m0/s1. The number of methoxy groups -OCH3 is 1. The number of likely N-dealkylation sites (tertiary alicyclic amines) is 1. The van der Waals surface area contributed by atoms with Crippen molar-refractivity contribution in [3.8, 4) is 11.3 Å². The van der Waals surface area contributed by atoms with Gasteiger partial charge in [0.15, 0.2) is 0 Å². The van der Waals surface area contributed by atoms with E-state index in [0.29, 0.717) is 12.2 Å². The van der Waals surface area contributed by atoms with Crippen LogP contribution in [0.5, 0.6) is 0 Å². The number of carbonyl (C=O) groups is 2. The van der Waals surface area contributed by atoms with Crippen LogP contribution >= 0.6 is 0 Å². The number of aromatic amines is 1. The summed E-state index contributed by atoms with van der Waals surface area (Å²) >= 11 is 0. The number of hydrogen-bond acceptors (Lipinski definition) is 5. The number of rotatable bonds is 5. The zero-order chi connectivity index (χ0) is 20.3. The first-order valence-electron chi connectivity index (χ1n) is 9.46. The molecule has 2 aromatic rings. The molecule has 8 nitrogen and oxygen atoms in total. The van der Waals surface area contributed by atoms with Gasteiger partial charge in [0.05, 0.1) is 25.0 Å². The zero-order valence-electron chi connectivity index (χ0n) is 16.4. The number of anilines is 1. The van der Waals surface area contributed by atoms with Gasteiger partial charge in [-0.2, -0.15) is 0 Å². The summed E-state index contributed by atoms with van der Waals surface area (Å²) in [7, 11) is 1.29. The fraction of sp³-hybridized carbons (Fsp3) is 0.450. The molecule has 28 heavy (non-hydrogen) atoms. The Balaban J connectivity index is 1.79. The van der Waals surface area contributed by atoms with E-state index in [1.165, 1.54) is 7.11 Å². The van der Waals surface area contributed by atoms with Gasteiger partial charge in [0.2, 0.25) is 5.91 Å². The molecule has 150 valence electrons. The highest BCUT2D eigenvalue weighted by Gasteiger charge is 2.37. The molecule has 0 radical (unpaired) electrons. The Bertz CT molecular complexity index is 831. The Hall–Kier alpha value is -3.03. The molecule has 0 unspecified atom stereocenters. The summed E-state index contributed by atoms with van der Waals surface area (Å²) in [4.78, 5) is 34.4. The second-order valence-electron chi connectivity index (χ2n) is 7.35. The average molecular weight is 385 g/mol. The van der Waals surface area contributed by atoms with Gasteiger partial charge in [0.25, 0.3) is 0 Å². The van der Waals surface area contributed by atoms with Crippen molar-refractivity contribution in [1.29, 1.82) is 0 Å². The number of hydrogen-bond donors (Lipinski definition) is 3. The van der Waals surface area contributed by atoms with Crippen molar-refractivity contribution in [2.45, 2.75) is 38.8 Å². The van der Waals surface area contributed by atoms with E-state index in [1.54, 1.807) is 11.1 Å². The third-order valence-corrected chi connectivity index (χ3v) is 5.06. The maximum absolute atomic E-state index is 13.1. The molecule has 1 fully saturated rings. The van der Waals surface area contributed by atoms with E-state index < -0.39 is 12.1 Å². The summed E-state index contributed by atoms with van der Waals surface area (Å²) in [5, 5.41) is 2.66. The lowest BCUT2D eigenvalue weighted by molar-refractivity contribution is -0.135. The van der Waals surface area contributed by atoms with Crippen molar-refractivity contribution in [2.75, 3.05) is 19.4 Å². The first-order chi connectivity index (χ1) is 13.4. The smallest absolute Gasteiger partial charge is 0.407 e. The Labute approximate surface area is 164 Å². The van der Waals surface area contributed by atoms with Crippen LogP contribution in [0, 0.1) is 5.92 Å². The molecule has 3 rings (SSSR count). The van der Waals surface area contributed by atoms with Gasteiger partial charge in [0, 0.05) is 12.2 Å². The number of nitrogens with one attached hydrogen (secondary N) is 2. The summed E-state index contributed by atoms with van der Waals surface area (Å²) in [5.74, 6) is 0.571. The van der Waals surface area contributed by atoms with Crippen LogP contribution in [0.4, 0.5) is 10.5 Å². The summed E-state index contributed by atoms with van der Waals surface area (Å²) in [6.07, 6.45) is 2.88. The highest BCUT2D eigenvalue weighted by atomic mass is 16.5. The van der Waals surface area contributed by atoms with Crippen LogP contribution in [0.1, 0.15) is 38.6 Å². The minimum atomic E-state index is -0.639. The molecule has 0 bridgehead atoms. The van der Waals surface area contributed by atoms with Crippen molar-refractivity contribution in [3.63, 3.8) is 0 Å². The number of alkyl carbamates (subject to hydrolysis) is 1. The van der Waals surface area contributed by atoms with Gasteiger partial charge >= 0.3 is 6.09 Å². The molecule has 2 amide bonds. The minimum absolute atomic E-state index is 0.0604. The van der Waals surface area contributed by atoms with E-state index in [-0.39, 0.29) is 17.9 Å². The molecule has 1 aromatic heterocycles. The van der Waals surface area contributed by atoms with Crippen LogP contribution in [-0.4, -0.2) is 46.6 Å². The summed E-state index contributed by atoms with van der Waals surface area (Å²) < 4.78 is 4.67. The molecular formula is C20H27N5O3. The summed E-state index contributed by atoms with van der Waals surface area (Å²) in [6.45, 7) is 4.43. The van der Waals surface area contributed by atoms with Crippen LogP contribution in [0.15, 0.2) is 30.5 Å². The SMILES string of the molecule is COC(=O)N[C@H](C(=O)N1CCC[C@H]1c1ncc(-c2ccc(N)cc2)[nH]1)C(C)C. The number of nitrogens with zero attached hydrogens (tertiary/aromatic N) is 2. The number of aromatic nitrogens is 2. The number of imidazole rings is 1. The van der Waals surface area contributed by atoms with Crippen molar-refractivity contribution in [1.82, 2.24) is 20.2 Å². The largest absolute Gasteiger partial charge is 0.453 e. The predicted octanol–water partition coefficient (Wildman–Crippen LogP) is 2.70. The molecule has 4 N–H and O–H groups in total. The van der Waals surface area contributed by atoms with Gasteiger partial charge in [-0.15, -0.1) is 0 Å². The number of benzene rings is 1. The molecule has 2 heterocycles. The lowest BCUT2D eigenvalue weighted by Crippen LogP contribution is -2.51. The molecule has 0 spiro atoms. The third kappa shape index (κ3) is 4.11. The fourth-order valence-electron chi connectivity index (χ4n) is 3.51. The van der Waals surface area contributed by atoms with Gasteiger partial charge in [-0.05, 0) is 36.5 Å². The molecule has 1 aliphatic rings. The van der Waals surface area contributed by atoms with Gasteiger partial charge in [-0.1, -0.05) is 26.0 Å². The predicted molar refractivity (Wildman–Crippen MR) is 106 cm³/mol. The molecule has 0 aliphatic carbocycles. The first kappa shape index (κ1) is 19.7. The molecular weight excluding hydrogens is 358 g/mol. The van der Waals surface area contributed by atoms with Crippen LogP contribution in [-0.2, 0) is 9.53 Å². The number of nitrogen functional groups attached to an aromatic ring is 1. The van der Waals surface area contributed by atoms with Crippen molar-refractivity contribution in [2.24, 2.45) is 5.92 Å². The van der Waals surface area contributed by atoms with Crippen molar-refractivity contribution >= 4 is 17.7 Å². The van der Waals surface area contributed by atoms with E-state index in [1.807, 2.05) is 38.1 Å². The first-order valence-corrected chi connectivity index (χ1v) is 9.46. The maximum atomic E-state index is 13.1. The molecule has 1 aromatic carbocycles. The van der Waals surface area contributed by atoms with Gasteiger partial charge < -0.3 is 25.7 Å². The fourth-order valence-corrected chi connectivity index (χ4v) is 3.51. The van der Waals surface area contributed by atoms with Crippen LogP contribution in [0.3, 0.4) is 0 Å². The minimum Gasteiger partial charge on any atom is -0.453 e. The Morgan fingerprint density at radius 2 is 2.04 bits per heavy atom. The Kier molecular flexibility index (Phi) is 5.87. The molecule has 0 saturated carbocycles. The molecule has 8 heteroatoms. The van der Waals surface area contributed by atoms with Crippen molar-refractivity contribution < 1.29 is 14.3 Å². The van der Waals surface area contributed by atoms with Gasteiger partial charge in [-0.25, -0.2) is 9.78 Å². The van der Waals surface area contributed by atoms with Crippen LogP contribution in [0.2, 0.25) is 0 Å². The zero-order valence-corrected chi connectivity index (χ0v) is 16.4. The Morgan fingerprint density at radius 1 is 1.32 bits per heavy atom. The van der Waals surface area contributed by atoms with E-state index in [0.717, 1.165) is 29.9 Å². The normalized spacial score (nSPS) is 17.6. The number of ether oxygens (including phenoxy) is 1. The maximum Gasteiger partial charge on any atom is 0.407 e. The number of nitrogens with two attached hydrogens (primary N) is 1. The van der Waals surface area contributed by atoms with E-state index >= 15 is 0 Å². The lowest BCUT2D eigenvalue weighted by atomic mass is 10.0.